The molecule has 105 heavy (non-hydrogen) atoms. The van der Waals surface area contributed by atoms with E-state index in [2.05, 4.69) is 9.84 Å². The molecule has 8 aliphatic heterocycles. The van der Waals surface area contributed by atoms with Gasteiger partial charge in [-0.25, -0.2) is 9.36 Å². The summed E-state index contributed by atoms with van der Waals surface area (Å²) in [6.07, 6.45) is -99.6. The predicted octanol–water partition coefficient (Wildman–Crippen LogP) is -20.7. The molecule has 8 rings (SSSR count). The molecular weight excluding hydrogens is 1480 g/mol. The number of carbonyl (C=O) groups excluding carboxylic acids is 1. The first kappa shape index (κ1) is 87.9. The largest absolute Gasteiger partial charge is 0.477 e. The van der Waals surface area contributed by atoms with Crippen LogP contribution >= 0.6 is 7.82 Å². The van der Waals surface area contributed by atoms with Crippen molar-refractivity contribution < 1.29 is 243 Å². The number of phosphoric acid groups is 1. The lowest BCUT2D eigenvalue weighted by Crippen LogP contribution is -2.73. The second-order valence-corrected chi connectivity index (χ2v) is 27.0. The van der Waals surface area contributed by atoms with Gasteiger partial charge in [0.1, 0.15) is 214 Å². The van der Waals surface area contributed by atoms with Gasteiger partial charge in [0, 0.05) is 6.92 Å². The highest BCUT2D eigenvalue weighted by Gasteiger charge is 2.65. The summed E-state index contributed by atoms with van der Waals surface area (Å²) in [5.74, 6) is -7.28. The highest BCUT2D eigenvalue weighted by atomic mass is 31.2. The fourth-order valence-electron chi connectivity index (χ4n) is 12.9. The van der Waals surface area contributed by atoms with E-state index in [1.165, 1.54) is 0 Å². The molecule has 0 aromatic carbocycles. The molecule has 51 heteroatoms. The number of carbonyl (C=O) groups is 2. The summed E-state index contributed by atoms with van der Waals surface area (Å²) in [6.45, 7) is -9.55. The molecule has 0 radical (unpaired) electrons. The zero-order chi connectivity index (χ0) is 78.1. The molecule has 8 heterocycles. The molecule has 612 valence electrons. The second kappa shape index (κ2) is 36.9. The Kier molecular flexibility index (Phi) is 30.9. The van der Waals surface area contributed by atoms with Crippen LogP contribution < -0.4 is 5.32 Å². The summed E-state index contributed by atoms with van der Waals surface area (Å²) in [6, 6.07) is -1.91. The highest BCUT2D eigenvalue weighted by Crippen LogP contribution is 2.43. The SMILES string of the molecule is CC(=O)NC1C(OC2C(CO)OC(OC3C(O)C(C(O)CO)OC(OC4C(O)C(OC5C(O)C(O)C(O)(C(=O)O)OC5C(O)CO)OC(C(O)COP(=O)(O)O)C4OC4OC(CO)C(O)C(O)C4O)C3OC3OC(CO)C(O)C(O)C3O)C(O)C2O)OC(CO)C(O)C1OC1OC(CO)C(O)C(O)C1O. The number of hydrogen-bond donors (Lipinski definition) is 31. The van der Waals surface area contributed by atoms with Gasteiger partial charge in [0.2, 0.25) is 5.91 Å². The van der Waals surface area contributed by atoms with Gasteiger partial charge in [-0.05, 0) is 0 Å². The van der Waals surface area contributed by atoms with Crippen molar-refractivity contribution in [3.05, 3.63) is 0 Å². The molecule has 8 aliphatic rings. The van der Waals surface area contributed by atoms with Crippen molar-refractivity contribution in [2.45, 2.75) is 270 Å². The number of hydrogen-bond acceptors (Lipinski definition) is 46. The van der Waals surface area contributed by atoms with Gasteiger partial charge in [-0.3, -0.25) is 9.32 Å². The van der Waals surface area contributed by atoms with E-state index in [9.17, 15) is 167 Å². The summed E-state index contributed by atoms with van der Waals surface area (Å²) in [7, 11) is -5.73. The van der Waals surface area contributed by atoms with Crippen LogP contribution in [0, 0.1) is 0 Å². The maximum Gasteiger partial charge on any atom is 0.469 e. The normalized spacial score (nSPS) is 49.0. The van der Waals surface area contributed by atoms with E-state index >= 15 is 0 Å². The molecule has 0 aromatic heterocycles. The Hall–Kier alpha value is -2.63. The Balaban J connectivity index is 1.23. The number of ether oxygens (including phenoxy) is 15. The van der Waals surface area contributed by atoms with Crippen molar-refractivity contribution in [2.24, 2.45) is 0 Å². The predicted molar refractivity (Wildman–Crippen MR) is 312 cm³/mol. The number of phosphoric ester groups is 1. The average Bonchev–Trinajstić information content (AvgIpc) is 0.753. The smallest absolute Gasteiger partial charge is 0.469 e. The summed E-state index contributed by atoms with van der Waals surface area (Å²) in [5, 5.41) is 311. The first-order valence-electron chi connectivity index (χ1n) is 32.2. The van der Waals surface area contributed by atoms with Crippen LogP contribution in [0.5, 0.6) is 0 Å². The van der Waals surface area contributed by atoms with Crippen molar-refractivity contribution in [1.29, 1.82) is 0 Å². The topological polar surface area (TPSA) is 818 Å². The summed E-state index contributed by atoms with van der Waals surface area (Å²) < 4.78 is 104. The van der Waals surface area contributed by atoms with E-state index in [0.717, 1.165) is 6.92 Å². The van der Waals surface area contributed by atoms with Gasteiger partial charge in [0.25, 0.3) is 5.79 Å². The lowest BCUT2D eigenvalue weighted by atomic mass is 9.89. The number of rotatable bonds is 29. The van der Waals surface area contributed by atoms with Crippen molar-refractivity contribution in [2.75, 3.05) is 52.9 Å². The van der Waals surface area contributed by atoms with Gasteiger partial charge in [0.05, 0.1) is 52.9 Å². The minimum atomic E-state index is -5.73. The maximum absolute atomic E-state index is 12.8. The third kappa shape index (κ3) is 18.9. The van der Waals surface area contributed by atoms with Crippen LogP contribution in [0.2, 0.25) is 0 Å². The molecule has 8 saturated heterocycles. The molecule has 0 saturated carbocycles. The first-order valence-corrected chi connectivity index (χ1v) is 33.8. The van der Waals surface area contributed by atoms with E-state index in [1.807, 2.05) is 0 Å². The monoisotopic (exact) mass is 1570 g/mol. The van der Waals surface area contributed by atoms with Gasteiger partial charge in [-0.1, -0.05) is 0 Å². The second-order valence-electron chi connectivity index (χ2n) is 25.7. The van der Waals surface area contributed by atoms with Gasteiger partial charge < -0.3 is 229 Å². The number of aliphatic hydroxyl groups is 27. The molecule has 0 bridgehead atoms. The Morgan fingerprint density at radius 2 is 0.762 bits per heavy atom. The highest BCUT2D eigenvalue weighted by molar-refractivity contribution is 7.46. The average molecular weight is 1570 g/mol. The summed E-state index contributed by atoms with van der Waals surface area (Å²) >= 11 is 0. The number of aliphatic hydroxyl groups excluding tert-OH is 26. The number of carboxylic acid groups (broad SMARTS) is 1. The zero-order valence-electron chi connectivity index (χ0n) is 54.5. The van der Waals surface area contributed by atoms with E-state index < -0.39 is 336 Å². The molecule has 8 fully saturated rings. The van der Waals surface area contributed by atoms with Crippen LogP contribution in [0.4, 0.5) is 0 Å². The van der Waals surface area contributed by atoms with Gasteiger partial charge in [-0.2, -0.15) is 0 Å². The Morgan fingerprint density at radius 1 is 0.390 bits per heavy atom. The number of carboxylic acids is 1. The molecule has 0 spiro atoms. The number of aliphatic carboxylic acids is 1. The third-order valence-electron chi connectivity index (χ3n) is 18.7. The minimum Gasteiger partial charge on any atom is -0.477 e. The van der Waals surface area contributed by atoms with Crippen LogP contribution in [0.15, 0.2) is 0 Å². The van der Waals surface area contributed by atoms with E-state index in [1.54, 1.807) is 0 Å². The van der Waals surface area contributed by atoms with Crippen LogP contribution in [-0.2, 0) is 89.7 Å². The van der Waals surface area contributed by atoms with Crippen molar-refractivity contribution in [3.8, 4) is 0 Å². The van der Waals surface area contributed by atoms with Crippen molar-refractivity contribution in [1.82, 2.24) is 5.32 Å². The van der Waals surface area contributed by atoms with Crippen LogP contribution in [-0.4, -0.2) is 481 Å². The molecule has 50 nitrogen and oxygen atoms in total. The van der Waals surface area contributed by atoms with Crippen molar-refractivity contribution in [3.63, 3.8) is 0 Å². The summed E-state index contributed by atoms with van der Waals surface area (Å²) in [5.41, 5.74) is 0. The number of nitrogens with one attached hydrogen (secondary N) is 1. The summed E-state index contributed by atoms with van der Waals surface area (Å²) in [4.78, 5) is 44.6. The lowest BCUT2D eigenvalue weighted by molar-refractivity contribution is -0.425. The third-order valence-corrected chi connectivity index (χ3v) is 19.2. The Labute approximate surface area is 589 Å². The maximum atomic E-state index is 12.8. The van der Waals surface area contributed by atoms with Crippen molar-refractivity contribution >= 4 is 19.7 Å². The van der Waals surface area contributed by atoms with E-state index in [4.69, 9.17) is 71.1 Å². The Bertz CT molecular complexity index is 2770. The van der Waals surface area contributed by atoms with E-state index in [-0.39, 0.29) is 0 Å². The molecule has 1 amide bonds. The fraction of sp³-hybridized carbons (Fsp3) is 0.963. The van der Waals surface area contributed by atoms with Crippen LogP contribution in [0.25, 0.3) is 0 Å². The Morgan fingerprint density at radius 3 is 1.22 bits per heavy atom. The van der Waals surface area contributed by atoms with Gasteiger partial charge >= 0.3 is 13.8 Å². The molecule has 43 unspecified atom stereocenters. The van der Waals surface area contributed by atoms with E-state index in [0.29, 0.717) is 0 Å². The molecule has 43 atom stereocenters. The minimum absolute atomic E-state index is 0.915. The van der Waals surface area contributed by atoms with Crippen LogP contribution in [0.3, 0.4) is 0 Å². The van der Waals surface area contributed by atoms with Crippen LogP contribution in [0.1, 0.15) is 6.92 Å². The number of amides is 1. The molecular formula is C54H92NO49P. The molecule has 0 aromatic rings. The standard InChI is InChI=1S/C54H92NO49P/c1-10(63)55-19-39(98-47-28(75)24(71)20(67)14(4-58)91-47)23(70)17(7-61)90-46(19)97-38-18(8-62)94-50(31(78)27(38)74)99-40-32(79)35(11(64)2-56)95-52(44(40)103-49-30(77)26(73)22(69)16(6-60)93-49)101-42-34(81)51(100-41-33(80)45(82)54(85,53(83)84)104-37(41)12(65)3-57)96-36(13(66)9-89-105(86,87)88)43(42)102-48-29(76)25(72)21(68)15(5-59)92-48/h11-52,56-62,64-82,85H,2-9H2,1H3,(H,55,63)(H,83,84)(H2,86,87,88). The van der Waals surface area contributed by atoms with Gasteiger partial charge in [0.15, 0.2) is 44.0 Å². The quantitative estimate of drug-likeness (QED) is 0.0309. The molecule has 31 N–H and O–H groups in total. The zero-order valence-corrected chi connectivity index (χ0v) is 55.4. The lowest BCUT2D eigenvalue weighted by Gasteiger charge is -2.53. The first-order chi connectivity index (χ1) is 49.3. The fourth-order valence-corrected chi connectivity index (χ4v) is 13.3. The van der Waals surface area contributed by atoms with Gasteiger partial charge in [-0.15, -0.1) is 0 Å². The molecule has 0 aliphatic carbocycles.